The molecule has 0 saturated carbocycles. The monoisotopic (exact) mass is 249 g/mol. The molecular formula is C11H15N5O2. The van der Waals surface area contributed by atoms with E-state index in [1.54, 1.807) is 12.5 Å². The molecule has 1 saturated heterocycles. The minimum atomic E-state index is -0.0202. The van der Waals surface area contributed by atoms with E-state index in [4.69, 9.17) is 15.0 Å². The number of hydrogen-bond donors (Lipinski definition) is 1. The fourth-order valence-corrected chi connectivity index (χ4v) is 2.07. The van der Waals surface area contributed by atoms with Gasteiger partial charge in [-0.25, -0.2) is 4.98 Å². The van der Waals surface area contributed by atoms with E-state index in [1.165, 1.54) is 0 Å². The van der Waals surface area contributed by atoms with Gasteiger partial charge < -0.3 is 19.6 Å². The van der Waals surface area contributed by atoms with E-state index in [-0.39, 0.29) is 12.0 Å². The Balaban J connectivity index is 1.87. The van der Waals surface area contributed by atoms with Gasteiger partial charge in [0.2, 0.25) is 11.7 Å². The molecule has 2 N–H and O–H groups in total. The topological polar surface area (TPSA) is 92.0 Å². The van der Waals surface area contributed by atoms with Crippen molar-refractivity contribution in [1.29, 1.82) is 0 Å². The molecule has 0 aliphatic carbocycles. The predicted octanol–water partition coefficient (Wildman–Crippen LogP) is 0.301. The number of aromatic nitrogens is 4. The molecule has 7 heteroatoms. The van der Waals surface area contributed by atoms with Crippen molar-refractivity contribution in [3.05, 3.63) is 18.4 Å². The Bertz CT molecular complexity index is 535. The Morgan fingerprint density at radius 1 is 1.50 bits per heavy atom. The molecule has 2 unspecified atom stereocenters. The third-order valence-electron chi connectivity index (χ3n) is 3.21. The number of rotatable bonds is 2. The number of nitrogens with two attached hydrogens (primary N) is 1. The van der Waals surface area contributed by atoms with Gasteiger partial charge in [-0.2, -0.15) is 4.98 Å². The lowest BCUT2D eigenvalue weighted by molar-refractivity contribution is 0.0590. The minimum Gasteiger partial charge on any atom is -0.381 e. The molecule has 0 amide bonds. The fourth-order valence-electron chi connectivity index (χ4n) is 2.07. The first kappa shape index (κ1) is 11.4. The summed E-state index contributed by atoms with van der Waals surface area (Å²) in [5.41, 5.74) is 6.86. The highest BCUT2D eigenvalue weighted by molar-refractivity contribution is 5.47. The molecule has 0 radical (unpaired) electrons. The third-order valence-corrected chi connectivity index (χ3v) is 3.21. The largest absolute Gasteiger partial charge is 0.381 e. The fraction of sp³-hybridized carbons (Fsp3) is 0.545. The Morgan fingerprint density at radius 2 is 2.39 bits per heavy atom. The Kier molecular flexibility index (Phi) is 2.85. The van der Waals surface area contributed by atoms with Crippen LogP contribution in [-0.2, 0) is 11.8 Å². The van der Waals surface area contributed by atoms with Crippen LogP contribution in [-0.4, -0.2) is 38.9 Å². The molecule has 96 valence electrons. The van der Waals surface area contributed by atoms with Crippen LogP contribution in [0.25, 0.3) is 11.5 Å². The summed E-state index contributed by atoms with van der Waals surface area (Å²) >= 11 is 0. The van der Waals surface area contributed by atoms with E-state index >= 15 is 0 Å². The number of ether oxygens (including phenoxy) is 1. The van der Waals surface area contributed by atoms with Gasteiger partial charge in [-0.1, -0.05) is 5.16 Å². The lowest BCUT2D eigenvalue weighted by Crippen LogP contribution is -2.37. The molecule has 0 bridgehead atoms. The SMILES string of the molecule is Cn1cncc1-c1noc(C2COCCC2N)n1. The second-order valence-electron chi connectivity index (χ2n) is 4.48. The summed E-state index contributed by atoms with van der Waals surface area (Å²) in [4.78, 5) is 8.42. The highest BCUT2D eigenvalue weighted by Gasteiger charge is 2.29. The van der Waals surface area contributed by atoms with Gasteiger partial charge in [0.1, 0.15) is 5.69 Å². The lowest BCUT2D eigenvalue weighted by atomic mass is 9.97. The lowest BCUT2D eigenvalue weighted by Gasteiger charge is -2.25. The highest BCUT2D eigenvalue weighted by atomic mass is 16.5. The van der Waals surface area contributed by atoms with Gasteiger partial charge in [-0.05, 0) is 6.42 Å². The smallest absolute Gasteiger partial charge is 0.234 e. The van der Waals surface area contributed by atoms with Gasteiger partial charge in [0.25, 0.3) is 0 Å². The van der Waals surface area contributed by atoms with Crippen LogP contribution in [0.1, 0.15) is 18.2 Å². The maximum atomic E-state index is 6.04. The van der Waals surface area contributed by atoms with Gasteiger partial charge in [0.05, 0.1) is 25.0 Å². The molecular weight excluding hydrogens is 234 g/mol. The normalized spacial score (nSPS) is 24.3. The second-order valence-corrected chi connectivity index (χ2v) is 4.48. The summed E-state index contributed by atoms with van der Waals surface area (Å²) in [5.74, 6) is 1.05. The van der Waals surface area contributed by atoms with E-state index in [0.29, 0.717) is 24.9 Å². The first-order valence-corrected chi connectivity index (χ1v) is 5.89. The van der Waals surface area contributed by atoms with Crippen molar-refractivity contribution in [3.63, 3.8) is 0 Å². The first-order chi connectivity index (χ1) is 8.75. The Labute approximate surface area is 104 Å². The molecule has 2 atom stereocenters. The van der Waals surface area contributed by atoms with Gasteiger partial charge in [0, 0.05) is 19.7 Å². The van der Waals surface area contributed by atoms with E-state index in [0.717, 1.165) is 12.1 Å². The molecule has 0 spiro atoms. The maximum Gasteiger partial charge on any atom is 0.234 e. The quantitative estimate of drug-likeness (QED) is 0.823. The van der Waals surface area contributed by atoms with E-state index in [1.807, 2.05) is 11.6 Å². The average molecular weight is 249 g/mol. The van der Waals surface area contributed by atoms with Crippen molar-refractivity contribution in [2.75, 3.05) is 13.2 Å². The molecule has 3 heterocycles. The van der Waals surface area contributed by atoms with E-state index in [2.05, 4.69) is 15.1 Å². The van der Waals surface area contributed by atoms with Crippen LogP contribution in [0, 0.1) is 0 Å². The number of hydrogen-bond acceptors (Lipinski definition) is 6. The van der Waals surface area contributed by atoms with Crippen molar-refractivity contribution < 1.29 is 9.26 Å². The first-order valence-electron chi connectivity index (χ1n) is 5.89. The summed E-state index contributed by atoms with van der Waals surface area (Å²) in [6.07, 6.45) is 4.21. The van der Waals surface area contributed by atoms with Crippen LogP contribution in [0.3, 0.4) is 0 Å². The second kappa shape index (κ2) is 4.51. The summed E-state index contributed by atoms with van der Waals surface area (Å²) in [6, 6.07) is 0.0126. The molecule has 2 aromatic heterocycles. The van der Waals surface area contributed by atoms with Crippen molar-refractivity contribution >= 4 is 0 Å². The van der Waals surface area contributed by atoms with Crippen LogP contribution in [0.2, 0.25) is 0 Å². The highest BCUT2D eigenvalue weighted by Crippen LogP contribution is 2.25. The van der Waals surface area contributed by atoms with E-state index in [9.17, 15) is 0 Å². The summed E-state index contributed by atoms with van der Waals surface area (Å²) in [7, 11) is 1.88. The zero-order valence-electron chi connectivity index (χ0n) is 10.1. The minimum absolute atomic E-state index is 0.0126. The number of aryl methyl sites for hydroxylation is 1. The molecule has 18 heavy (non-hydrogen) atoms. The number of nitrogens with zero attached hydrogens (tertiary/aromatic N) is 4. The third kappa shape index (κ3) is 1.91. The molecule has 3 rings (SSSR count). The van der Waals surface area contributed by atoms with Crippen LogP contribution in [0.15, 0.2) is 17.0 Å². The van der Waals surface area contributed by atoms with Crippen molar-refractivity contribution in [2.24, 2.45) is 12.8 Å². The van der Waals surface area contributed by atoms with Crippen molar-refractivity contribution in [1.82, 2.24) is 19.7 Å². The van der Waals surface area contributed by atoms with Gasteiger partial charge >= 0.3 is 0 Å². The Hall–Kier alpha value is -1.73. The predicted molar refractivity (Wildman–Crippen MR) is 62.7 cm³/mol. The number of imidazole rings is 1. The zero-order chi connectivity index (χ0) is 12.5. The maximum absolute atomic E-state index is 6.04. The molecule has 1 aliphatic rings. The molecule has 1 aliphatic heterocycles. The molecule has 7 nitrogen and oxygen atoms in total. The summed E-state index contributed by atoms with van der Waals surface area (Å²) in [6.45, 7) is 1.23. The van der Waals surface area contributed by atoms with Crippen LogP contribution < -0.4 is 5.73 Å². The van der Waals surface area contributed by atoms with Crippen molar-refractivity contribution in [3.8, 4) is 11.5 Å². The van der Waals surface area contributed by atoms with Crippen LogP contribution >= 0.6 is 0 Å². The molecule has 0 aromatic carbocycles. The van der Waals surface area contributed by atoms with Crippen LogP contribution in [0.4, 0.5) is 0 Å². The average Bonchev–Trinajstić information content (AvgIpc) is 2.98. The molecule has 1 fully saturated rings. The van der Waals surface area contributed by atoms with Crippen molar-refractivity contribution in [2.45, 2.75) is 18.4 Å². The van der Waals surface area contributed by atoms with Gasteiger partial charge in [-0.15, -0.1) is 0 Å². The summed E-state index contributed by atoms with van der Waals surface area (Å²) < 4.78 is 12.5. The Morgan fingerprint density at radius 3 is 3.11 bits per heavy atom. The van der Waals surface area contributed by atoms with Gasteiger partial charge in [0.15, 0.2) is 0 Å². The van der Waals surface area contributed by atoms with Crippen LogP contribution in [0.5, 0.6) is 0 Å². The standard InChI is InChI=1S/C11H15N5O2/c1-16-6-13-4-9(16)10-14-11(18-15-10)7-5-17-3-2-8(7)12/h4,6-8H,2-3,5,12H2,1H3. The van der Waals surface area contributed by atoms with E-state index < -0.39 is 0 Å². The molecule has 2 aromatic rings. The summed E-state index contributed by atoms with van der Waals surface area (Å²) in [5, 5.41) is 3.97. The zero-order valence-corrected chi connectivity index (χ0v) is 10.1. The van der Waals surface area contributed by atoms with Gasteiger partial charge in [-0.3, -0.25) is 0 Å².